The molecule has 0 amide bonds. The number of hydrogen-bond donors (Lipinski definition) is 1. The number of rotatable bonds is 0. The van der Waals surface area contributed by atoms with E-state index < -0.39 is 0 Å². The minimum Gasteiger partial charge on any atom is -0.506 e. The maximum absolute atomic E-state index is 9.35. The van der Waals surface area contributed by atoms with Crippen LogP contribution in [0.4, 0.5) is 0 Å². The van der Waals surface area contributed by atoms with Crippen molar-refractivity contribution in [2.75, 3.05) is 0 Å². The number of hydrogen-bond acceptors (Lipinski definition) is 2. The highest BCUT2D eigenvalue weighted by atomic mass is 16.3. The summed E-state index contributed by atoms with van der Waals surface area (Å²) in [6, 6.07) is 8.53. The lowest BCUT2D eigenvalue weighted by molar-refractivity contribution is 0.480. The van der Waals surface area contributed by atoms with Gasteiger partial charge in [-0.25, -0.2) is 0 Å². The number of fused-ring (bicyclic) bond motifs is 1. The van der Waals surface area contributed by atoms with Crippen LogP contribution in [0.25, 0.3) is 10.9 Å². The summed E-state index contributed by atoms with van der Waals surface area (Å²) in [5.74, 6) is 0.126. The third-order valence-corrected chi connectivity index (χ3v) is 1.56. The molecule has 2 rings (SSSR count). The van der Waals surface area contributed by atoms with Crippen molar-refractivity contribution in [3.63, 3.8) is 0 Å². The maximum Gasteiger partial charge on any atom is 0.141 e. The van der Waals surface area contributed by atoms with Crippen LogP contribution < -0.4 is 0 Å². The molecule has 54 valence electrons. The van der Waals surface area contributed by atoms with E-state index in [1.807, 2.05) is 6.07 Å². The lowest BCUT2D eigenvalue weighted by Gasteiger charge is -1.96. The summed E-state index contributed by atoms with van der Waals surface area (Å²) in [5, 5.41) is 10.2. The third kappa shape index (κ3) is 0.923. The first-order chi connectivity index (χ1) is 5.77. The molecule has 0 bridgehead atoms. The van der Waals surface area contributed by atoms with Gasteiger partial charge in [0.15, 0.2) is 0 Å². The molecule has 1 aromatic carbocycles. The van der Waals surface area contributed by atoms with Crippen molar-refractivity contribution in [3.05, 3.63) is 36.5 Å². The maximum atomic E-state index is 9.35. The average molecular weight is 146 g/mol. The van der Waals surface area contributed by atoms with Gasteiger partial charge in [0.1, 0.15) is 11.3 Å². The number of aromatic hydroxyl groups is 1. The minimum atomic E-state index is 0.126. The van der Waals surface area contributed by atoms with E-state index in [0.717, 1.165) is 5.39 Å². The number of aromatic nitrogens is 1. The van der Waals surface area contributed by atoms with E-state index in [2.05, 4.69) is 4.98 Å². The molecule has 1 heterocycles. The van der Waals surface area contributed by atoms with Crippen LogP contribution in [0, 0.1) is 0 Å². The van der Waals surface area contributed by atoms with Gasteiger partial charge in [-0.3, -0.25) is 4.98 Å². The lowest BCUT2D eigenvalue weighted by atomic mass is 10.2. The average Bonchev–Trinajstić information content (AvgIpc) is 2.07. The van der Waals surface area contributed by atoms with Crippen molar-refractivity contribution >= 4 is 10.9 Å². The Morgan fingerprint density at radius 1 is 1.27 bits per heavy atom. The molecule has 1 N–H and O–H groups in total. The number of phenolic OH excluding ortho intramolecular Hbond substituents is 1. The van der Waals surface area contributed by atoms with E-state index in [1.54, 1.807) is 24.3 Å². The van der Waals surface area contributed by atoms with Crippen LogP contribution in [0.2, 0.25) is 0 Å². The molecule has 0 unspecified atom stereocenters. The van der Waals surface area contributed by atoms with E-state index in [9.17, 15) is 5.11 Å². The lowest BCUT2D eigenvalue weighted by Crippen LogP contribution is -1.76. The Balaban J connectivity index is 2.88. The van der Waals surface area contributed by atoms with Gasteiger partial charge in [-0.05, 0) is 12.1 Å². The van der Waals surface area contributed by atoms with E-state index in [1.165, 1.54) is 0 Å². The zero-order valence-electron chi connectivity index (χ0n) is 6.78. The number of nitrogens with zero attached hydrogens (tertiary/aromatic N) is 1. The van der Waals surface area contributed by atoms with Gasteiger partial charge in [-0.15, -0.1) is 0 Å². The normalized spacial score (nSPS) is 11.5. The number of para-hydroxylation sites is 1. The quantitative estimate of drug-likeness (QED) is 0.616. The second-order valence-corrected chi connectivity index (χ2v) is 2.29. The van der Waals surface area contributed by atoms with Gasteiger partial charge >= 0.3 is 0 Å². The summed E-state index contributed by atoms with van der Waals surface area (Å²) in [5.41, 5.74) is 0.491. The first-order valence-corrected chi connectivity index (χ1v) is 3.33. The molecule has 2 nitrogen and oxygen atoms in total. The third-order valence-electron chi connectivity index (χ3n) is 1.56. The smallest absolute Gasteiger partial charge is 0.141 e. The Morgan fingerprint density at radius 3 is 3.00 bits per heavy atom. The fourth-order valence-electron chi connectivity index (χ4n) is 1.03. The van der Waals surface area contributed by atoms with Gasteiger partial charge < -0.3 is 5.11 Å². The van der Waals surface area contributed by atoms with Crippen molar-refractivity contribution in [1.29, 1.82) is 0 Å². The molecule has 0 spiro atoms. The SMILES string of the molecule is [2H]c1ccc2cccc(O)c2n1. The van der Waals surface area contributed by atoms with Gasteiger partial charge in [0.2, 0.25) is 0 Å². The van der Waals surface area contributed by atoms with Crippen molar-refractivity contribution in [1.82, 2.24) is 4.98 Å². The Hall–Kier alpha value is -1.57. The number of pyridine rings is 1. The molecular formula is C9H7NO. The second-order valence-electron chi connectivity index (χ2n) is 2.29. The minimum absolute atomic E-state index is 0.126. The van der Waals surface area contributed by atoms with E-state index in [0.29, 0.717) is 5.52 Å². The summed E-state index contributed by atoms with van der Waals surface area (Å²) in [7, 11) is 0. The van der Waals surface area contributed by atoms with Gasteiger partial charge in [-0.1, -0.05) is 18.2 Å². The summed E-state index contributed by atoms with van der Waals surface area (Å²) in [4.78, 5) is 3.89. The van der Waals surface area contributed by atoms with Gasteiger partial charge in [0, 0.05) is 11.6 Å². The fraction of sp³-hybridized carbons (Fsp3) is 0. The molecular weight excluding hydrogens is 138 g/mol. The Morgan fingerprint density at radius 2 is 2.09 bits per heavy atom. The van der Waals surface area contributed by atoms with Gasteiger partial charge in [-0.2, -0.15) is 0 Å². The summed E-state index contributed by atoms with van der Waals surface area (Å²) in [6.45, 7) is 0. The first-order valence-electron chi connectivity index (χ1n) is 3.83. The largest absolute Gasteiger partial charge is 0.506 e. The standard InChI is InChI=1S/C9H7NO/c11-8-5-1-3-7-4-2-6-10-9(7)8/h1-6,11H/i6D. The predicted octanol–water partition coefficient (Wildman–Crippen LogP) is 1.94. The van der Waals surface area contributed by atoms with Crippen LogP contribution in [0.1, 0.15) is 1.37 Å². The highest BCUT2D eigenvalue weighted by Crippen LogP contribution is 2.20. The molecule has 11 heavy (non-hydrogen) atoms. The molecule has 0 fully saturated rings. The molecule has 0 aliphatic carbocycles. The number of benzene rings is 1. The second kappa shape index (κ2) is 2.23. The van der Waals surface area contributed by atoms with E-state index in [4.69, 9.17) is 1.37 Å². The Labute approximate surface area is 65.5 Å². The number of phenols is 1. The summed E-state index contributed by atoms with van der Waals surface area (Å²) >= 11 is 0. The summed E-state index contributed by atoms with van der Waals surface area (Å²) in [6.07, 6.45) is 0.170. The van der Waals surface area contributed by atoms with Crippen molar-refractivity contribution in [2.24, 2.45) is 0 Å². The molecule has 0 aliphatic rings. The molecule has 2 heteroatoms. The Kier molecular flexibility index (Phi) is 1.04. The van der Waals surface area contributed by atoms with E-state index >= 15 is 0 Å². The first kappa shape index (κ1) is 5.13. The fourth-order valence-corrected chi connectivity index (χ4v) is 1.03. The van der Waals surface area contributed by atoms with Crippen LogP contribution in [0.3, 0.4) is 0 Å². The highest BCUT2D eigenvalue weighted by Gasteiger charge is 1.96. The van der Waals surface area contributed by atoms with E-state index in [-0.39, 0.29) is 11.9 Å². The molecule has 0 atom stereocenters. The van der Waals surface area contributed by atoms with Crippen LogP contribution >= 0.6 is 0 Å². The van der Waals surface area contributed by atoms with Crippen LogP contribution in [-0.2, 0) is 0 Å². The van der Waals surface area contributed by atoms with Crippen LogP contribution in [0.15, 0.2) is 36.5 Å². The van der Waals surface area contributed by atoms with Crippen molar-refractivity contribution < 1.29 is 6.48 Å². The van der Waals surface area contributed by atoms with Crippen LogP contribution in [-0.4, -0.2) is 10.1 Å². The van der Waals surface area contributed by atoms with Crippen molar-refractivity contribution in [2.45, 2.75) is 0 Å². The molecule has 0 saturated heterocycles. The molecule has 2 aromatic rings. The van der Waals surface area contributed by atoms with Gasteiger partial charge in [0.25, 0.3) is 0 Å². The monoisotopic (exact) mass is 146 g/mol. The molecule has 0 saturated carbocycles. The zero-order valence-corrected chi connectivity index (χ0v) is 5.78. The summed E-state index contributed by atoms with van der Waals surface area (Å²) < 4.78 is 7.25. The van der Waals surface area contributed by atoms with Gasteiger partial charge in [0.05, 0.1) is 1.37 Å². The van der Waals surface area contributed by atoms with Crippen molar-refractivity contribution in [3.8, 4) is 5.75 Å². The van der Waals surface area contributed by atoms with Crippen LogP contribution in [0.5, 0.6) is 5.75 Å². The topological polar surface area (TPSA) is 33.1 Å². The highest BCUT2D eigenvalue weighted by molar-refractivity contribution is 5.83. The molecule has 1 aromatic heterocycles. The zero-order chi connectivity index (χ0) is 8.55. The molecule has 0 aliphatic heterocycles. The Bertz CT molecular complexity index is 428. The molecule has 0 radical (unpaired) electrons. The predicted molar refractivity (Wildman–Crippen MR) is 43.4 cm³/mol.